The van der Waals surface area contributed by atoms with Gasteiger partial charge in [0.2, 0.25) is 0 Å². The Bertz CT molecular complexity index is 1310. The number of ether oxygens (including phenoxy) is 1. The van der Waals surface area contributed by atoms with Crippen LogP contribution < -0.4 is 9.64 Å². The molecule has 1 aliphatic heterocycles. The molecule has 1 N–H and O–H groups in total. The molecule has 1 unspecified atom stereocenters. The van der Waals surface area contributed by atoms with Crippen LogP contribution in [0.25, 0.3) is 5.76 Å². The lowest BCUT2D eigenvalue weighted by Crippen LogP contribution is -2.29. The zero-order valence-electron chi connectivity index (χ0n) is 18.8. The maximum Gasteiger partial charge on any atom is 0.300 e. The van der Waals surface area contributed by atoms with E-state index in [1.54, 1.807) is 24.3 Å². The number of amides is 1. The molecule has 3 aromatic rings. The number of rotatable bonds is 4. The van der Waals surface area contributed by atoms with Gasteiger partial charge in [0.25, 0.3) is 11.7 Å². The van der Waals surface area contributed by atoms with Gasteiger partial charge in [-0.1, -0.05) is 48.0 Å². The summed E-state index contributed by atoms with van der Waals surface area (Å²) in [4.78, 5) is 28.0. The smallest absolute Gasteiger partial charge is 0.300 e. The number of Topliss-reactive ketones (excluding diaryl/α,β-unsaturated/α-hetero) is 1. The summed E-state index contributed by atoms with van der Waals surface area (Å²) in [5.74, 6) is -1.22. The van der Waals surface area contributed by atoms with E-state index in [4.69, 9.17) is 16.3 Å². The van der Waals surface area contributed by atoms with Gasteiger partial charge in [-0.15, -0.1) is 0 Å². The largest absolute Gasteiger partial charge is 0.507 e. The zero-order chi connectivity index (χ0) is 23.9. The van der Waals surface area contributed by atoms with Gasteiger partial charge in [-0.05, 0) is 67.3 Å². The number of carbonyl (C=O) groups is 2. The number of aliphatic hydroxyl groups is 1. The fourth-order valence-electron chi connectivity index (χ4n) is 4.14. The lowest BCUT2D eigenvalue weighted by Gasteiger charge is -2.27. The van der Waals surface area contributed by atoms with Crippen LogP contribution in [-0.4, -0.2) is 23.9 Å². The quantitative estimate of drug-likeness (QED) is 0.298. The third-order valence-corrected chi connectivity index (χ3v) is 6.42. The van der Waals surface area contributed by atoms with Crippen molar-refractivity contribution in [2.75, 3.05) is 12.0 Å². The van der Waals surface area contributed by atoms with Crippen molar-refractivity contribution in [2.24, 2.45) is 0 Å². The number of ketones is 1. The molecule has 4 rings (SSSR count). The minimum absolute atomic E-state index is 0.0458. The van der Waals surface area contributed by atoms with Crippen molar-refractivity contribution in [1.29, 1.82) is 0 Å². The van der Waals surface area contributed by atoms with Crippen molar-refractivity contribution in [2.45, 2.75) is 26.8 Å². The van der Waals surface area contributed by atoms with Crippen molar-refractivity contribution in [1.82, 2.24) is 0 Å². The highest BCUT2D eigenvalue weighted by atomic mass is 35.5. The van der Waals surface area contributed by atoms with Crippen LogP contribution in [-0.2, 0) is 9.59 Å². The molecule has 3 aromatic carbocycles. The van der Waals surface area contributed by atoms with E-state index < -0.39 is 17.7 Å². The first-order chi connectivity index (χ1) is 15.7. The summed E-state index contributed by atoms with van der Waals surface area (Å²) in [5, 5.41) is 11.6. The normalized spacial score (nSPS) is 17.5. The number of hydrogen-bond acceptors (Lipinski definition) is 4. The number of methoxy groups -OCH3 is 1. The fraction of sp³-hybridized carbons (Fsp3) is 0.185. The molecular weight excluding hydrogens is 438 g/mol. The van der Waals surface area contributed by atoms with Gasteiger partial charge in [0.1, 0.15) is 11.5 Å². The van der Waals surface area contributed by atoms with Gasteiger partial charge in [0, 0.05) is 11.3 Å². The van der Waals surface area contributed by atoms with Crippen LogP contribution in [0, 0.1) is 20.8 Å². The highest BCUT2D eigenvalue weighted by molar-refractivity contribution is 6.52. The van der Waals surface area contributed by atoms with E-state index in [-0.39, 0.29) is 11.3 Å². The third kappa shape index (κ3) is 3.89. The van der Waals surface area contributed by atoms with Crippen LogP contribution in [0.3, 0.4) is 0 Å². The van der Waals surface area contributed by atoms with Gasteiger partial charge < -0.3 is 9.84 Å². The van der Waals surface area contributed by atoms with E-state index in [0.29, 0.717) is 22.0 Å². The molecule has 0 aromatic heterocycles. The maximum absolute atomic E-state index is 13.3. The molecule has 1 amide bonds. The van der Waals surface area contributed by atoms with Gasteiger partial charge in [0.15, 0.2) is 0 Å². The van der Waals surface area contributed by atoms with Crippen molar-refractivity contribution < 1.29 is 19.4 Å². The molecule has 1 saturated heterocycles. The molecule has 6 heteroatoms. The number of aliphatic hydroxyl groups excluding tert-OH is 1. The Morgan fingerprint density at radius 3 is 2.30 bits per heavy atom. The van der Waals surface area contributed by atoms with Crippen molar-refractivity contribution in [3.63, 3.8) is 0 Å². The number of aryl methyl sites for hydroxylation is 3. The topological polar surface area (TPSA) is 66.8 Å². The predicted octanol–water partition coefficient (Wildman–Crippen LogP) is 5.90. The monoisotopic (exact) mass is 461 g/mol. The minimum Gasteiger partial charge on any atom is -0.507 e. The Hall–Kier alpha value is -3.57. The van der Waals surface area contributed by atoms with Crippen molar-refractivity contribution in [3.05, 3.63) is 99.1 Å². The first-order valence-electron chi connectivity index (χ1n) is 10.5. The number of benzene rings is 3. The number of anilines is 1. The molecular formula is C27H24ClNO4. The van der Waals surface area contributed by atoms with E-state index in [1.165, 1.54) is 12.0 Å². The Labute approximate surface area is 197 Å². The van der Waals surface area contributed by atoms with Gasteiger partial charge in [-0.3, -0.25) is 14.5 Å². The second kappa shape index (κ2) is 8.75. The fourth-order valence-corrected chi connectivity index (χ4v) is 4.39. The third-order valence-electron chi connectivity index (χ3n) is 6.12. The summed E-state index contributed by atoms with van der Waals surface area (Å²) in [7, 11) is 1.50. The first kappa shape index (κ1) is 22.6. The molecule has 5 nitrogen and oxygen atoms in total. The van der Waals surface area contributed by atoms with E-state index in [2.05, 4.69) is 0 Å². The van der Waals surface area contributed by atoms with Crippen LogP contribution in [0.1, 0.15) is 33.9 Å². The lowest BCUT2D eigenvalue weighted by atomic mass is 9.92. The minimum atomic E-state index is -0.808. The van der Waals surface area contributed by atoms with E-state index >= 15 is 0 Å². The van der Waals surface area contributed by atoms with Crippen LogP contribution in [0.2, 0.25) is 5.02 Å². The number of nitrogens with zero attached hydrogens (tertiary/aromatic N) is 1. The van der Waals surface area contributed by atoms with Crippen LogP contribution >= 0.6 is 11.6 Å². The van der Waals surface area contributed by atoms with Gasteiger partial charge in [0.05, 0.1) is 23.7 Å². The summed E-state index contributed by atoms with van der Waals surface area (Å²) >= 11 is 6.33. The molecule has 1 aliphatic rings. The first-order valence-corrected chi connectivity index (χ1v) is 10.9. The van der Waals surface area contributed by atoms with E-state index in [1.807, 2.05) is 57.2 Å². The number of hydrogen-bond donors (Lipinski definition) is 1. The Morgan fingerprint density at radius 2 is 1.67 bits per heavy atom. The molecule has 1 heterocycles. The molecule has 168 valence electrons. The second-order valence-corrected chi connectivity index (χ2v) is 8.55. The summed E-state index contributed by atoms with van der Waals surface area (Å²) < 4.78 is 5.23. The molecule has 1 atom stereocenters. The highest BCUT2D eigenvalue weighted by Gasteiger charge is 2.47. The molecule has 33 heavy (non-hydrogen) atoms. The number of halogens is 1. The van der Waals surface area contributed by atoms with Gasteiger partial charge in [-0.2, -0.15) is 0 Å². The molecule has 0 saturated carbocycles. The Kier molecular flexibility index (Phi) is 6.00. The molecule has 0 aliphatic carbocycles. The highest BCUT2D eigenvalue weighted by Crippen LogP contribution is 2.44. The molecule has 0 radical (unpaired) electrons. The van der Waals surface area contributed by atoms with Crippen LogP contribution in [0.15, 0.2) is 66.2 Å². The SMILES string of the molecule is COc1ccc(N2C(=O)C(=O)/C(=C(/O)c3ccc(C)c(C)c3)C2c2ccccc2C)cc1Cl. The average Bonchev–Trinajstić information content (AvgIpc) is 3.05. The maximum atomic E-state index is 13.3. The van der Waals surface area contributed by atoms with Crippen molar-refractivity contribution >= 4 is 34.7 Å². The van der Waals surface area contributed by atoms with Gasteiger partial charge >= 0.3 is 0 Å². The number of carbonyl (C=O) groups excluding carboxylic acids is 2. The molecule has 1 fully saturated rings. The molecule has 0 spiro atoms. The van der Waals surface area contributed by atoms with Crippen LogP contribution in [0.4, 0.5) is 5.69 Å². The summed E-state index contributed by atoms with van der Waals surface area (Å²) in [6, 6.07) is 17.1. The summed E-state index contributed by atoms with van der Waals surface area (Å²) in [6.45, 7) is 5.81. The molecule has 0 bridgehead atoms. The van der Waals surface area contributed by atoms with E-state index in [9.17, 15) is 14.7 Å². The lowest BCUT2D eigenvalue weighted by molar-refractivity contribution is -0.132. The summed E-state index contributed by atoms with van der Waals surface area (Å²) in [6.07, 6.45) is 0. The van der Waals surface area contributed by atoms with Crippen LogP contribution in [0.5, 0.6) is 5.75 Å². The standard InChI is InChI=1S/C27H24ClNO4/c1-15-9-10-18(13-17(15)3)25(30)23-24(20-8-6-5-7-16(20)2)29(27(32)26(23)31)19-11-12-22(33-4)21(28)14-19/h5-14,24,30H,1-4H3/b25-23+. The average molecular weight is 462 g/mol. The predicted molar refractivity (Wildman–Crippen MR) is 130 cm³/mol. The Balaban J connectivity index is 1.97. The van der Waals surface area contributed by atoms with Crippen molar-refractivity contribution in [3.8, 4) is 5.75 Å². The summed E-state index contributed by atoms with van der Waals surface area (Å²) in [5.41, 5.74) is 4.65. The van der Waals surface area contributed by atoms with Gasteiger partial charge in [-0.25, -0.2) is 0 Å². The Morgan fingerprint density at radius 1 is 0.939 bits per heavy atom. The van der Waals surface area contributed by atoms with E-state index in [0.717, 1.165) is 22.3 Å². The second-order valence-electron chi connectivity index (χ2n) is 8.14. The zero-order valence-corrected chi connectivity index (χ0v) is 19.6.